The van der Waals surface area contributed by atoms with Gasteiger partial charge in [0, 0.05) is 23.8 Å². The Hall–Kier alpha value is -0.730. The Labute approximate surface area is 109 Å². The second-order valence-corrected chi connectivity index (χ2v) is 5.43. The average molecular weight is 253 g/mol. The minimum absolute atomic E-state index is 0.776. The maximum atomic E-state index is 6.02. The van der Waals surface area contributed by atoms with Crippen LogP contribution in [0.25, 0.3) is 0 Å². The lowest BCUT2D eigenvalue weighted by Gasteiger charge is -2.32. The minimum atomic E-state index is 0.776. The van der Waals surface area contributed by atoms with Gasteiger partial charge in [-0.3, -0.25) is 4.90 Å². The summed E-state index contributed by atoms with van der Waals surface area (Å²) in [6, 6.07) is 5.75. The molecule has 0 radical (unpaired) electrons. The van der Waals surface area contributed by atoms with Gasteiger partial charge in [0.1, 0.15) is 0 Å². The standard InChI is InChI=1S/C14H21ClN2/c1-2-11-4-3-7-17(9-11)10-12-8-13(15)5-6-14(12)16/h5-6,8,11H,2-4,7,9-10,16H2,1H3. The molecule has 1 atom stereocenters. The van der Waals surface area contributed by atoms with E-state index in [1.54, 1.807) is 0 Å². The number of nitrogens with zero attached hydrogens (tertiary/aromatic N) is 1. The SMILES string of the molecule is CCC1CCCN(Cc2cc(Cl)ccc2N)C1. The normalized spacial score (nSPS) is 21.6. The summed E-state index contributed by atoms with van der Waals surface area (Å²) in [5.74, 6) is 0.851. The van der Waals surface area contributed by atoms with Gasteiger partial charge < -0.3 is 5.73 Å². The molecule has 1 aromatic rings. The number of benzene rings is 1. The molecule has 0 amide bonds. The van der Waals surface area contributed by atoms with E-state index in [-0.39, 0.29) is 0 Å². The molecule has 3 heteroatoms. The van der Waals surface area contributed by atoms with Gasteiger partial charge >= 0.3 is 0 Å². The summed E-state index contributed by atoms with van der Waals surface area (Å²) in [6.07, 6.45) is 3.96. The van der Waals surface area contributed by atoms with Crippen LogP contribution in [-0.2, 0) is 6.54 Å². The number of rotatable bonds is 3. The fraction of sp³-hybridized carbons (Fsp3) is 0.571. The van der Waals surface area contributed by atoms with Crippen molar-refractivity contribution in [2.75, 3.05) is 18.8 Å². The number of anilines is 1. The first kappa shape index (κ1) is 12.7. The Morgan fingerprint density at radius 3 is 3.06 bits per heavy atom. The van der Waals surface area contributed by atoms with E-state index in [9.17, 15) is 0 Å². The molecule has 1 heterocycles. The third kappa shape index (κ3) is 3.36. The van der Waals surface area contributed by atoms with Crippen molar-refractivity contribution in [3.63, 3.8) is 0 Å². The van der Waals surface area contributed by atoms with E-state index >= 15 is 0 Å². The molecule has 2 nitrogen and oxygen atoms in total. The van der Waals surface area contributed by atoms with Gasteiger partial charge in [-0.25, -0.2) is 0 Å². The summed E-state index contributed by atoms with van der Waals surface area (Å²) >= 11 is 6.02. The number of nitrogen functional groups attached to an aromatic ring is 1. The first-order valence-corrected chi connectivity index (χ1v) is 6.83. The summed E-state index contributed by atoms with van der Waals surface area (Å²) in [4.78, 5) is 2.50. The molecule has 2 N–H and O–H groups in total. The van der Waals surface area contributed by atoms with Crippen LogP contribution in [-0.4, -0.2) is 18.0 Å². The second-order valence-electron chi connectivity index (χ2n) is 4.99. The fourth-order valence-corrected chi connectivity index (χ4v) is 2.77. The maximum Gasteiger partial charge on any atom is 0.0410 e. The smallest absolute Gasteiger partial charge is 0.0410 e. The molecular weight excluding hydrogens is 232 g/mol. The van der Waals surface area contributed by atoms with Crippen LogP contribution in [0.4, 0.5) is 5.69 Å². The molecule has 1 aliphatic rings. The van der Waals surface area contributed by atoms with Gasteiger partial charge in [-0.1, -0.05) is 24.9 Å². The van der Waals surface area contributed by atoms with Crippen molar-refractivity contribution < 1.29 is 0 Å². The summed E-state index contributed by atoms with van der Waals surface area (Å²) in [5, 5.41) is 0.776. The molecule has 0 aromatic heterocycles. The van der Waals surface area contributed by atoms with E-state index in [1.807, 2.05) is 18.2 Å². The lowest BCUT2D eigenvalue weighted by molar-refractivity contribution is 0.165. The van der Waals surface area contributed by atoms with Crippen molar-refractivity contribution in [1.29, 1.82) is 0 Å². The number of hydrogen-bond donors (Lipinski definition) is 1. The van der Waals surface area contributed by atoms with E-state index in [1.165, 1.54) is 32.4 Å². The van der Waals surface area contributed by atoms with E-state index in [0.29, 0.717) is 0 Å². The first-order chi connectivity index (χ1) is 8.19. The number of halogens is 1. The Balaban J connectivity index is 2.02. The molecule has 1 saturated heterocycles. The van der Waals surface area contributed by atoms with Crippen LogP contribution in [0.5, 0.6) is 0 Å². The highest BCUT2D eigenvalue weighted by atomic mass is 35.5. The summed E-state index contributed by atoms with van der Waals surface area (Å²) in [5.41, 5.74) is 8.00. The Bertz CT molecular complexity index is 378. The third-order valence-corrected chi connectivity index (χ3v) is 3.91. The molecule has 1 aliphatic heterocycles. The molecule has 0 bridgehead atoms. The zero-order valence-corrected chi connectivity index (χ0v) is 11.2. The van der Waals surface area contributed by atoms with Gasteiger partial charge in [0.05, 0.1) is 0 Å². The van der Waals surface area contributed by atoms with Crippen LogP contribution in [0, 0.1) is 5.92 Å². The lowest BCUT2D eigenvalue weighted by Crippen LogP contribution is -2.34. The Kier molecular flexibility index (Phi) is 4.30. The molecule has 0 spiro atoms. The predicted molar refractivity (Wildman–Crippen MR) is 74.2 cm³/mol. The first-order valence-electron chi connectivity index (χ1n) is 6.45. The largest absolute Gasteiger partial charge is 0.398 e. The summed E-state index contributed by atoms with van der Waals surface area (Å²) < 4.78 is 0. The molecule has 17 heavy (non-hydrogen) atoms. The monoisotopic (exact) mass is 252 g/mol. The molecule has 94 valence electrons. The predicted octanol–water partition coefficient (Wildman–Crippen LogP) is 3.54. The van der Waals surface area contributed by atoms with Crippen molar-refractivity contribution in [2.24, 2.45) is 5.92 Å². The van der Waals surface area contributed by atoms with Crippen molar-refractivity contribution in [3.05, 3.63) is 28.8 Å². The van der Waals surface area contributed by atoms with Gasteiger partial charge in [0.2, 0.25) is 0 Å². The van der Waals surface area contributed by atoms with Gasteiger partial charge in [-0.05, 0) is 49.1 Å². The molecule has 1 unspecified atom stereocenters. The van der Waals surface area contributed by atoms with Gasteiger partial charge in [-0.2, -0.15) is 0 Å². The molecule has 1 fully saturated rings. The van der Waals surface area contributed by atoms with Crippen LogP contribution in [0.3, 0.4) is 0 Å². The van der Waals surface area contributed by atoms with Crippen molar-refractivity contribution in [1.82, 2.24) is 4.90 Å². The van der Waals surface area contributed by atoms with Crippen LogP contribution in [0.15, 0.2) is 18.2 Å². The van der Waals surface area contributed by atoms with Gasteiger partial charge in [-0.15, -0.1) is 0 Å². The highest BCUT2D eigenvalue weighted by Gasteiger charge is 2.18. The minimum Gasteiger partial charge on any atom is -0.398 e. The molecule has 0 saturated carbocycles. The third-order valence-electron chi connectivity index (χ3n) is 3.68. The van der Waals surface area contributed by atoms with Crippen LogP contribution >= 0.6 is 11.6 Å². The molecular formula is C14H21ClN2. The van der Waals surface area contributed by atoms with Crippen LogP contribution < -0.4 is 5.73 Å². The van der Waals surface area contributed by atoms with E-state index in [2.05, 4.69) is 11.8 Å². The second kappa shape index (κ2) is 5.74. The highest BCUT2D eigenvalue weighted by molar-refractivity contribution is 6.30. The Morgan fingerprint density at radius 1 is 1.47 bits per heavy atom. The summed E-state index contributed by atoms with van der Waals surface area (Å²) in [6.45, 7) is 5.59. The van der Waals surface area contributed by atoms with Gasteiger partial charge in [0.25, 0.3) is 0 Å². The van der Waals surface area contributed by atoms with Crippen molar-refractivity contribution in [2.45, 2.75) is 32.7 Å². The van der Waals surface area contributed by atoms with Gasteiger partial charge in [0.15, 0.2) is 0 Å². The van der Waals surface area contributed by atoms with Crippen LogP contribution in [0.2, 0.25) is 5.02 Å². The van der Waals surface area contributed by atoms with Crippen molar-refractivity contribution >= 4 is 17.3 Å². The Morgan fingerprint density at radius 2 is 2.29 bits per heavy atom. The number of hydrogen-bond acceptors (Lipinski definition) is 2. The van der Waals surface area contributed by atoms with E-state index < -0.39 is 0 Å². The van der Waals surface area contributed by atoms with Crippen molar-refractivity contribution in [3.8, 4) is 0 Å². The van der Waals surface area contributed by atoms with Crippen LogP contribution in [0.1, 0.15) is 31.7 Å². The topological polar surface area (TPSA) is 29.3 Å². The number of piperidine rings is 1. The maximum absolute atomic E-state index is 6.02. The zero-order chi connectivity index (χ0) is 12.3. The molecule has 0 aliphatic carbocycles. The zero-order valence-electron chi connectivity index (χ0n) is 10.5. The molecule has 1 aromatic carbocycles. The van der Waals surface area contributed by atoms with E-state index in [0.717, 1.165) is 28.7 Å². The quantitative estimate of drug-likeness (QED) is 0.834. The fourth-order valence-electron chi connectivity index (χ4n) is 2.58. The average Bonchev–Trinajstić information content (AvgIpc) is 2.34. The number of nitrogens with two attached hydrogens (primary N) is 1. The summed E-state index contributed by atoms with van der Waals surface area (Å²) in [7, 11) is 0. The number of likely N-dealkylation sites (tertiary alicyclic amines) is 1. The highest BCUT2D eigenvalue weighted by Crippen LogP contribution is 2.24. The lowest BCUT2D eigenvalue weighted by atomic mass is 9.95. The van der Waals surface area contributed by atoms with E-state index in [4.69, 9.17) is 17.3 Å². The molecule has 2 rings (SSSR count).